The lowest BCUT2D eigenvalue weighted by Gasteiger charge is -2.18. The van der Waals surface area contributed by atoms with Crippen molar-refractivity contribution in [3.8, 4) is 0 Å². The van der Waals surface area contributed by atoms with Crippen molar-refractivity contribution in [2.45, 2.75) is 0 Å². The van der Waals surface area contributed by atoms with E-state index in [1.807, 2.05) is 60.7 Å². The zero-order chi connectivity index (χ0) is 22.5. The molecule has 0 aromatic heterocycles. The summed E-state index contributed by atoms with van der Waals surface area (Å²) in [5.74, 6) is -1.97. The standard InChI is InChI=1S/C28H20O4/c29-27(30)23-15-11-21(12-16-23)26(22-13-17-24(18-14-22)28(31)32)25(19-7-3-1-4-8-19)20-9-5-2-6-10-20/h1-18H,(H,29,30)(H,31,32). The maximum Gasteiger partial charge on any atom is 0.335 e. The van der Waals surface area contributed by atoms with Gasteiger partial charge in [-0.3, -0.25) is 0 Å². The van der Waals surface area contributed by atoms with Gasteiger partial charge in [-0.25, -0.2) is 9.59 Å². The van der Waals surface area contributed by atoms with Crippen LogP contribution in [0, 0.1) is 0 Å². The Hall–Kier alpha value is -4.44. The predicted molar refractivity (Wildman–Crippen MR) is 125 cm³/mol. The fraction of sp³-hybridized carbons (Fsp3) is 0. The predicted octanol–water partition coefficient (Wildman–Crippen LogP) is 6.09. The van der Waals surface area contributed by atoms with Crippen LogP contribution in [-0.2, 0) is 0 Å². The average molecular weight is 420 g/mol. The number of carbonyl (C=O) groups is 2. The first kappa shape index (κ1) is 20.8. The van der Waals surface area contributed by atoms with Gasteiger partial charge in [-0.15, -0.1) is 0 Å². The largest absolute Gasteiger partial charge is 0.478 e. The van der Waals surface area contributed by atoms with Crippen molar-refractivity contribution < 1.29 is 19.8 Å². The van der Waals surface area contributed by atoms with Crippen LogP contribution in [0.1, 0.15) is 43.0 Å². The molecule has 0 fully saturated rings. The molecule has 4 nitrogen and oxygen atoms in total. The molecule has 4 heteroatoms. The van der Waals surface area contributed by atoms with Crippen LogP contribution in [0.4, 0.5) is 0 Å². The summed E-state index contributed by atoms with van der Waals surface area (Å²) in [6.45, 7) is 0. The number of hydrogen-bond donors (Lipinski definition) is 2. The third kappa shape index (κ3) is 4.35. The van der Waals surface area contributed by atoms with Gasteiger partial charge in [0.25, 0.3) is 0 Å². The molecule has 0 amide bonds. The van der Waals surface area contributed by atoms with E-state index in [2.05, 4.69) is 0 Å². The fourth-order valence-electron chi connectivity index (χ4n) is 3.68. The second-order valence-corrected chi connectivity index (χ2v) is 7.25. The lowest BCUT2D eigenvalue weighted by atomic mass is 9.85. The van der Waals surface area contributed by atoms with Crippen LogP contribution in [0.3, 0.4) is 0 Å². The Bertz CT molecular complexity index is 1170. The van der Waals surface area contributed by atoms with Gasteiger partial charge in [-0.2, -0.15) is 0 Å². The zero-order valence-electron chi connectivity index (χ0n) is 17.1. The maximum atomic E-state index is 11.4. The van der Waals surface area contributed by atoms with Crippen molar-refractivity contribution in [1.29, 1.82) is 0 Å². The molecule has 4 aromatic rings. The number of aromatic carboxylic acids is 2. The molecular weight excluding hydrogens is 400 g/mol. The van der Waals surface area contributed by atoms with Crippen LogP contribution >= 0.6 is 0 Å². The van der Waals surface area contributed by atoms with E-state index in [1.54, 1.807) is 48.5 Å². The minimum Gasteiger partial charge on any atom is -0.478 e. The smallest absolute Gasteiger partial charge is 0.335 e. The molecule has 2 N–H and O–H groups in total. The van der Waals surface area contributed by atoms with Crippen molar-refractivity contribution >= 4 is 23.1 Å². The second-order valence-electron chi connectivity index (χ2n) is 7.25. The molecule has 32 heavy (non-hydrogen) atoms. The van der Waals surface area contributed by atoms with Gasteiger partial charge >= 0.3 is 11.9 Å². The highest BCUT2D eigenvalue weighted by Gasteiger charge is 2.17. The third-order valence-electron chi connectivity index (χ3n) is 5.22. The molecule has 0 heterocycles. The average Bonchev–Trinajstić information content (AvgIpc) is 2.84. The fourth-order valence-corrected chi connectivity index (χ4v) is 3.68. The SMILES string of the molecule is O=C(O)c1ccc(C(=C(c2ccccc2)c2ccccc2)c2ccc(C(=O)O)cc2)cc1. The highest BCUT2D eigenvalue weighted by molar-refractivity contribution is 6.05. The molecule has 0 spiro atoms. The first-order chi connectivity index (χ1) is 15.5. The summed E-state index contributed by atoms with van der Waals surface area (Å²) in [4.78, 5) is 22.7. The van der Waals surface area contributed by atoms with Crippen molar-refractivity contribution in [2.75, 3.05) is 0 Å². The molecule has 0 aliphatic heterocycles. The van der Waals surface area contributed by atoms with Gasteiger partial charge in [0.05, 0.1) is 11.1 Å². The van der Waals surface area contributed by atoms with Crippen molar-refractivity contribution in [1.82, 2.24) is 0 Å². The van der Waals surface area contributed by atoms with E-state index in [0.717, 1.165) is 33.4 Å². The Morgan fingerprint density at radius 2 is 0.625 bits per heavy atom. The van der Waals surface area contributed by atoms with Crippen LogP contribution in [0.15, 0.2) is 109 Å². The molecule has 0 radical (unpaired) electrons. The Balaban J connectivity index is 2.04. The van der Waals surface area contributed by atoms with Gasteiger partial charge in [0.2, 0.25) is 0 Å². The molecule has 0 aliphatic rings. The van der Waals surface area contributed by atoms with E-state index >= 15 is 0 Å². The Morgan fingerprint density at radius 1 is 0.375 bits per heavy atom. The van der Waals surface area contributed by atoms with E-state index < -0.39 is 11.9 Å². The maximum absolute atomic E-state index is 11.4. The molecular formula is C28H20O4. The summed E-state index contributed by atoms with van der Waals surface area (Å²) >= 11 is 0. The molecule has 0 unspecified atom stereocenters. The topological polar surface area (TPSA) is 74.6 Å². The van der Waals surface area contributed by atoms with Crippen molar-refractivity contribution in [3.63, 3.8) is 0 Å². The Labute approximate surface area is 185 Å². The van der Waals surface area contributed by atoms with Crippen LogP contribution in [0.25, 0.3) is 11.1 Å². The molecule has 0 saturated carbocycles. The lowest BCUT2D eigenvalue weighted by Crippen LogP contribution is -2.01. The van der Waals surface area contributed by atoms with Gasteiger partial charge in [0, 0.05) is 0 Å². The van der Waals surface area contributed by atoms with E-state index in [4.69, 9.17) is 0 Å². The van der Waals surface area contributed by atoms with Gasteiger partial charge < -0.3 is 10.2 Å². The molecule has 0 bridgehead atoms. The van der Waals surface area contributed by atoms with Gasteiger partial charge in [-0.05, 0) is 57.7 Å². The minimum atomic E-state index is -0.987. The van der Waals surface area contributed by atoms with Crippen LogP contribution in [0.5, 0.6) is 0 Å². The first-order valence-electron chi connectivity index (χ1n) is 10.1. The number of carboxylic acid groups (broad SMARTS) is 2. The monoisotopic (exact) mass is 420 g/mol. The Morgan fingerprint density at radius 3 is 0.906 bits per heavy atom. The minimum absolute atomic E-state index is 0.204. The molecule has 0 aliphatic carbocycles. The number of rotatable bonds is 6. The zero-order valence-corrected chi connectivity index (χ0v) is 17.1. The van der Waals surface area contributed by atoms with Crippen LogP contribution in [-0.4, -0.2) is 22.2 Å². The number of carboxylic acids is 2. The van der Waals surface area contributed by atoms with Crippen LogP contribution in [0.2, 0.25) is 0 Å². The van der Waals surface area contributed by atoms with Crippen molar-refractivity contribution in [2.24, 2.45) is 0 Å². The van der Waals surface area contributed by atoms with Gasteiger partial charge in [-0.1, -0.05) is 84.9 Å². The summed E-state index contributed by atoms with van der Waals surface area (Å²) in [6.07, 6.45) is 0. The van der Waals surface area contributed by atoms with E-state index in [0.29, 0.717) is 0 Å². The molecule has 156 valence electrons. The highest BCUT2D eigenvalue weighted by atomic mass is 16.4. The van der Waals surface area contributed by atoms with Gasteiger partial charge in [0.1, 0.15) is 0 Å². The number of hydrogen-bond acceptors (Lipinski definition) is 2. The number of benzene rings is 4. The summed E-state index contributed by atoms with van der Waals surface area (Å²) in [7, 11) is 0. The second kappa shape index (κ2) is 9.14. The summed E-state index contributed by atoms with van der Waals surface area (Å²) in [5, 5.41) is 18.6. The van der Waals surface area contributed by atoms with E-state index in [-0.39, 0.29) is 11.1 Å². The lowest BCUT2D eigenvalue weighted by molar-refractivity contribution is 0.0686. The normalized spacial score (nSPS) is 10.4. The molecule has 0 atom stereocenters. The highest BCUT2D eigenvalue weighted by Crippen LogP contribution is 2.37. The quantitative estimate of drug-likeness (QED) is 0.370. The summed E-state index contributed by atoms with van der Waals surface area (Å²) in [5.41, 5.74) is 5.93. The summed E-state index contributed by atoms with van der Waals surface area (Å²) in [6, 6.07) is 33.4. The molecule has 4 aromatic carbocycles. The van der Waals surface area contributed by atoms with E-state index in [9.17, 15) is 19.8 Å². The van der Waals surface area contributed by atoms with Crippen LogP contribution < -0.4 is 0 Å². The van der Waals surface area contributed by atoms with Gasteiger partial charge in [0.15, 0.2) is 0 Å². The molecule has 0 saturated heterocycles. The molecule has 4 rings (SSSR count). The van der Waals surface area contributed by atoms with Crippen molar-refractivity contribution in [3.05, 3.63) is 143 Å². The third-order valence-corrected chi connectivity index (χ3v) is 5.22. The first-order valence-corrected chi connectivity index (χ1v) is 10.1. The Kier molecular flexibility index (Phi) is 5.95. The van der Waals surface area contributed by atoms with E-state index in [1.165, 1.54) is 0 Å². The summed E-state index contributed by atoms with van der Waals surface area (Å²) < 4.78 is 0.